The molecule has 5 nitrogen and oxygen atoms in total. The smallest absolute Gasteiger partial charge is 0.191 e. The highest BCUT2D eigenvalue weighted by Crippen LogP contribution is 2.16. The number of aromatic nitrogens is 1. The van der Waals surface area contributed by atoms with Crippen LogP contribution in [0.25, 0.3) is 0 Å². The number of hydrogen-bond donors (Lipinski definition) is 2. The molecule has 0 unspecified atom stereocenters. The summed E-state index contributed by atoms with van der Waals surface area (Å²) in [6, 6.07) is 13.2. The minimum absolute atomic E-state index is 0. The predicted octanol–water partition coefficient (Wildman–Crippen LogP) is 3.49. The number of aliphatic imine (C=N–C) groups is 1. The lowest BCUT2D eigenvalue weighted by molar-refractivity contribution is 0.322. The van der Waals surface area contributed by atoms with Gasteiger partial charge in [0.15, 0.2) is 5.96 Å². The lowest BCUT2D eigenvalue weighted by Crippen LogP contribution is -2.39. The highest BCUT2D eigenvalue weighted by atomic mass is 127. The molecule has 0 atom stereocenters. The van der Waals surface area contributed by atoms with Crippen molar-refractivity contribution in [1.82, 2.24) is 15.6 Å². The van der Waals surface area contributed by atoms with Crippen LogP contribution in [0.5, 0.6) is 5.75 Å². The van der Waals surface area contributed by atoms with Crippen molar-refractivity contribution in [3.8, 4) is 5.75 Å². The van der Waals surface area contributed by atoms with Crippen LogP contribution in [0.1, 0.15) is 12.6 Å². The Morgan fingerprint density at radius 1 is 1.21 bits per heavy atom. The van der Waals surface area contributed by atoms with Crippen LogP contribution >= 0.6 is 35.6 Å². The number of nitrogens with zero attached hydrogens (tertiary/aromatic N) is 2. The first-order valence-corrected chi connectivity index (χ1v) is 7.96. The number of guanidine groups is 1. The Hall–Kier alpha value is -1.54. The maximum atomic E-state index is 5.92. The molecule has 0 spiro atoms. The Morgan fingerprint density at radius 3 is 2.79 bits per heavy atom. The molecule has 0 aliphatic carbocycles. The molecule has 0 saturated heterocycles. The van der Waals surface area contributed by atoms with E-state index in [-0.39, 0.29) is 24.0 Å². The van der Waals surface area contributed by atoms with Crippen molar-refractivity contribution in [2.45, 2.75) is 13.5 Å². The van der Waals surface area contributed by atoms with Crippen molar-refractivity contribution >= 4 is 41.5 Å². The largest absolute Gasteiger partial charge is 0.492 e. The molecule has 130 valence electrons. The number of rotatable bonds is 7. The van der Waals surface area contributed by atoms with Gasteiger partial charge in [-0.1, -0.05) is 23.7 Å². The van der Waals surface area contributed by atoms with Gasteiger partial charge < -0.3 is 15.4 Å². The minimum Gasteiger partial charge on any atom is -0.492 e. The van der Waals surface area contributed by atoms with E-state index in [1.807, 2.05) is 43.3 Å². The summed E-state index contributed by atoms with van der Waals surface area (Å²) in [6.45, 7) is 4.52. The predicted molar refractivity (Wildman–Crippen MR) is 109 cm³/mol. The van der Waals surface area contributed by atoms with Gasteiger partial charge in [0.25, 0.3) is 0 Å². The average molecular weight is 461 g/mol. The summed E-state index contributed by atoms with van der Waals surface area (Å²) in [5, 5.41) is 7.09. The number of hydrogen-bond acceptors (Lipinski definition) is 3. The third-order valence-electron chi connectivity index (χ3n) is 2.93. The van der Waals surface area contributed by atoms with E-state index in [1.165, 1.54) is 0 Å². The molecular weight excluding hydrogens is 439 g/mol. The van der Waals surface area contributed by atoms with Crippen molar-refractivity contribution in [2.75, 3.05) is 19.7 Å². The molecule has 24 heavy (non-hydrogen) atoms. The molecule has 0 radical (unpaired) electrons. The zero-order valence-electron chi connectivity index (χ0n) is 13.5. The van der Waals surface area contributed by atoms with Crippen LogP contribution in [0, 0.1) is 0 Å². The SMILES string of the molecule is CCNC(=NCc1ccccn1)NCCOc1cccc(Cl)c1.I. The van der Waals surface area contributed by atoms with Crippen LogP contribution in [-0.2, 0) is 6.54 Å². The maximum Gasteiger partial charge on any atom is 0.191 e. The Labute approximate surface area is 164 Å². The second-order valence-corrected chi connectivity index (χ2v) is 5.19. The fourth-order valence-electron chi connectivity index (χ4n) is 1.89. The topological polar surface area (TPSA) is 58.5 Å². The van der Waals surface area contributed by atoms with Crippen LogP contribution in [0.2, 0.25) is 5.02 Å². The molecule has 0 aliphatic heterocycles. The molecule has 1 aromatic carbocycles. The molecule has 0 amide bonds. The lowest BCUT2D eigenvalue weighted by atomic mass is 10.3. The summed E-state index contributed by atoms with van der Waals surface area (Å²) < 4.78 is 5.64. The molecule has 0 fully saturated rings. The van der Waals surface area contributed by atoms with Crippen molar-refractivity contribution in [3.63, 3.8) is 0 Å². The minimum atomic E-state index is 0. The molecular formula is C17H22ClIN4O. The summed E-state index contributed by atoms with van der Waals surface area (Å²) in [4.78, 5) is 8.75. The summed E-state index contributed by atoms with van der Waals surface area (Å²) in [7, 11) is 0. The van der Waals surface area contributed by atoms with Gasteiger partial charge in [0, 0.05) is 17.8 Å². The standard InChI is InChI=1S/C17H21ClN4O.HI/c1-2-19-17(22-13-15-7-3-4-9-20-15)21-10-11-23-16-8-5-6-14(18)12-16;/h3-9,12H,2,10-11,13H2,1H3,(H2,19,21,22);1H. The van der Waals surface area contributed by atoms with E-state index < -0.39 is 0 Å². The van der Waals surface area contributed by atoms with Crippen LogP contribution < -0.4 is 15.4 Å². The molecule has 0 aliphatic rings. The van der Waals surface area contributed by atoms with Gasteiger partial charge in [0.2, 0.25) is 0 Å². The van der Waals surface area contributed by atoms with Gasteiger partial charge in [0.05, 0.1) is 18.8 Å². The number of pyridine rings is 1. The molecule has 2 aromatic rings. The Kier molecular flexibility index (Phi) is 10.2. The number of benzene rings is 1. The number of nitrogens with one attached hydrogen (secondary N) is 2. The van der Waals surface area contributed by atoms with Gasteiger partial charge in [0.1, 0.15) is 12.4 Å². The summed E-state index contributed by atoms with van der Waals surface area (Å²) in [5.74, 6) is 1.50. The number of ether oxygens (including phenoxy) is 1. The fourth-order valence-corrected chi connectivity index (χ4v) is 2.07. The first-order chi connectivity index (χ1) is 11.3. The Balaban J connectivity index is 0.00000288. The van der Waals surface area contributed by atoms with E-state index in [4.69, 9.17) is 16.3 Å². The van der Waals surface area contributed by atoms with E-state index in [2.05, 4.69) is 20.6 Å². The molecule has 0 bridgehead atoms. The third kappa shape index (κ3) is 7.83. The Morgan fingerprint density at radius 2 is 2.08 bits per heavy atom. The third-order valence-corrected chi connectivity index (χ3v) is 3.16. The van der Waals surface area contributed by atoms with Gasteiger partial charge >= 0.3 is 0 Å². The van der Waals surface area contributed by atoms with Crippen molar-refractivity contribution in [1.29, 1.82) is 0 Å². The molecule has 1 heterocycles. The van der Waals surface area contributed by atoms with Crippen molar-refractivity contribution in [2.24, 2.45) is 4.99 Å². The second-order valence-electron chi connectivity index (χ2n) is 4.75. The first-order valence-electron chi connectivity index (χ1n) is 7.58. The van der Waals surface area contributed by atoms with E-state index in [9.17, 15) is 0 Å². The van der Waals surface area contributed by atoms with Crippen molar-refractivity contribution < 1.29 is 4.74 Å². The van der Waals surface area contributed by atoms with Crippen LogP contribution in [-0.4, -0.2) is 30.6 Å². The zero-order valence-corrected chi connectivity index (χ0v) is 16.6. The fraction of sp³-hybridized carbons (Fsp3) is 0.294. The van der Waals surface area contributed by atoms with E-state index in [0.717, 1.165) is 23.9 Å². The van der Waals surface area contributed by atoms with Gasteiger partial charge in [-0.3, -0.25) is 4.98 Å². The summed E-state index contributed by atoms with van der Waals surface area (Å²) in [6.07, 6.45) is 1.77. The average Bonchev–Trinajstić information content (AvgIpc) is 2.57. The number of halogens is 2. The van der Waals surface area contributed by atoms with Crippen LogP contribution in [0.3, 0.4) is 0 Å². The molecule has 2 N–H and O–H groups in total. The van der Waals surface area contributed by atoms with Crippen LogP contribution in [0.4, 0.5) is 0 Å². The monoisotopic (exact) mass is 460 g/mol. The summed E-state index contributed by atoms with van der Waals surface area (Å²) in [5.41, 5.74) is 0.930. The lowest BCUT2D eigenvalue weighted by Gasteiger charge is -2.12. The van der Waals surface area contributed by atoms with E-state index in [1.54, 1.807) is 12.3 Å². The normalized spacial score (nSPS) is 10.7. The quantitative estimate of drug-likeness (QED) is 0.287. The van der Waals surface area contributed by atoms with Gasteiger partial charge in [-0.05, 0) is 37.3 Å². The summed E-state index contributed by atoms with van der Waals surface area (Å²) >= 11 is 5.92. The van der Waals surface area contributed by atoms with E-state index in [0.29, 0.717) is 24.7 Å². The van der Waals surface area contributed by atoms with E-state index >= 15 is 0 Å². The zero-order chi connectivity index (χ0) is 16.3. The van der Waals surface area contributed by atoms with Gasteiger partial charge in [-0.15, -0.1) is 24.0 Å². The highest BCUT2D eigenvalue weighted by molar-refractivity contribution is 14.0. The Bertz CT molecular complexity index is 625. The van der Waals surface area contributed by atoms with Crippen LogP contribution in [0.15, 0.2) is 53.7 Å². The molecule has 2 rings (SSSR count). The first kappa shape index (κ1) is 20.5. The highest BCUT2D eigenvalue weighted by Gasteiger charge is 1.99. The molecule has 0 saturated carbocycles. The van der Waals surface area contributed by atoms with Crippen molar-refractivity contribution in [3.05, 3.63) is 59.4 Å². The van der Waals surface area contributed by atoms with Gasteiger partial charge in [-0.2, -0.15) is 0 Å². The van der Waals surface area contributed by atoms with Gasteiger partial charge in [-0.25, -0.2) is 4.99 Å². The maximum absolute atomic E-state index is 5.92. The molecule has 1 aromatic heterocycles. The second kappa shape index (κ2) is 11.9. The molecule has 7 heteroatoms.